The molecule has 8 nitrogen and oxygen atoms in total. The molecule has 1 saturated heterocycles. The van der Waals surface area contributed by atoms with Gasteiger partial charge in [-0.25, -0.2) is 10.5 Å². The first-order valence-electron chi connectivity index (χ1n) is 10.6. The lowest BCUT2D eigenvalue weighted by Gasteiger charge is -2.36. The molecular weight excluding hydrogens is 462 g/mol. The van der Waals surface area contributed by atoms with E-state index < -0.39 is 22.4 Å². The first kappa shape index (κ1) is 25.3. The molecule has 1 fully saturated rings. The maximum absolute atomic E-state index is 12.0. The highest BCUT2D eigenvalue weighted by Crippen LogP contribution is 2.29. The van der Waals surface area contributed by atoms with E-state index in [1.807, 2.05) is 18.2 Å². The second kappa shape index (κ2) is 11.7. The molecule has 1 aromatic carbocycles. The molecule has 1 aliphatic heterocycles. The number of amides is 1. The van der Waals surface area contributed by atoms with Gasteiger partial charge in [-0.05, 0) is 49.8 Å². The van der Waals surface area contributed by atoms with Gasteiger partial charge in [0, 0.05) is 49.9 Å². The number of carbonyl (C=O) groups is 1. The van der Waals surface area contributed by atoms with Crippen LogP contribution in [-0.2, 0) is 22.3 Å². The zero-order chi connectivity index (χ0) is 23.8. The normalized spacial score (nSPS) is 16.6. The fraction of sp³-hybridized carbons (Fsp3) is 0.478. The SMILES string of the molecule is C[C@](CCc1nc2ccc(C#CC#CC3CN(CCCO)C3)cc2s1)(CS(=O)[O-])C(=O)NO. The maximum Gasteiger partial charge on any atom is 0.250 e. The number of hydrogen-bond donors (Lipinski definition) is 3. The Bertz CT molecular complexity index is 1140. The molecule has 3 N–H and O–H groups in total. The number of hydrogen-bond acceptors (Lipinski definition) is 8. The molecule has 0 saturated carbocycles. The third kappa shape index (κ3) is 7.08. The molecule has 2 atom stereocenters. The average Bonchev–Trinajstić information content (AvgIpc) is 3.17. The van der Waals surface area contributed by atoms with Gasteiger partial charge in [0.1, 0.15) is 0 Å². The monoisotopic (exact) mass is 488 g/mol. The predicted molar refractivity (Wildman–Crippen MR) is 126 cm³/mol. The number of aromatic nitrogens is 1. The van der Waals surface area contributed by atoms with Crippen LogP contribution in [0.5, 0.6) is 0 Å². The summed E-state index contributed by atoms with van der Waals surface area (Å²) in [5.41, 5.74) is 1.96. The number of fused-ring (bicyclic) bond motifs is 1. The van der Waals surface area contributed by atoms with Crippen LogP contribution in [0.15, 0.2) is 18.2 Å². The Kier molecular flexibility index (Phi) is 8.98. The van der Waals surface area contributed by atoms with Gasteiger partial charge in [-0.15, -0.1) is 11.3 Å². The molecule has 176 valence electrons. The van der Waals surface area contributed by atoms with Gasteiger partial charge in [0.2, 0.25) is 5.91 Å². The quantitative estimate of drug-likeness (QED) is 0.210. The summed E-state index contributed by atoms with van der Waals surface area (Å²) >= 11 is -0.950. The van der Waals surface area contributed by atoms with E-state index in [1.165, 1.54) is 18.3 Å². The number of likely N-dealkylation sites (tertiary alicyclic amines) is 1. The van der Waals surface area contributed by atoms with E-state index in [4.69, 9.17) is 10.3 Å². The van der Waals surface area contributed by atoms with Crippen molar-refractivity contribution in [1.82, 2.24) is 15.4 Å². The van der Waals surface area contributed by atoms with Crippen LogP contribution in [0.2, 0.25) is 0 Å². The Morgan fingerprint density at radius 1 is 1.42 bits per heavy atom. The lowest BCUT2D eigenvalue weighted by Crippen LogP contribution is -2.46. The van der Waals surface area contributed by atoms with Crippen molar-refractivity contribution in [2.24, 2.45) is 11.3 Å². The van der Waals surface area contributed by atoms with Gasteiger partial charge >= 0.3 is 0 Å². The van der Waals surface area contributed by atoms with Crippen LogP contribution >= 0.6 is 11.3 Å². The third-order valence-electron chi connectivity index (χ3n) is 5.54. The molecule has 0 bridgehead atoms. The van der Waals surface area contributed by atoms with E-state index in [0.717, 1.165) is 46.8 Å². The molecule has 33 heavy (non-hydrogen) atoms. The molecule has 1 unspecified atom stereocenters. The molecule has 1 amide bonds. The molecule has 10 heteroatoms. The highest BCUT2D eigenvalue weighted by Gasteiger charge is 2.33. The van der Waals surface area contributed by atoms with Gasteiger partial charge in [0.25, 0.3) is 0 Å². The Morgan fingerprint density at radius 2 is 2.21 bits per heavy atom. The van der Waals surface area contributed by atoms with Crippen LogP contribution in [0, 0.1) is 35.0 Å². The number of benzene rings is 1. The summed E-state index contributed by atoms with van der Waals surface area (Å²) in [5.74, 6) is 11.3. The van der Waals surface area contributed by atoms with Crippen molar-refractivity contribution in [2.75, 3.05) is 32.0 Å². The summed E-state index contributed by atoms with van der Waals surface area (Å²) < 4.78 is 23.2. The van der Waals surface area contributed by atoms with Crippen LogP contribution in [0.1, 0.15) is 30.3 Å². The molecular formula is C23H26N3O5S2-. The van der Waals surface area contributed by atoms with Gasteiger partial charge in [0.15, 0.2) is 0 Å². The van der Waals surface area contributed by atoms with E-state index in [9.17, 15) is 13.6 Å². The van der Waals surface area contributed by atoms with Crippen molar-refractivity contribution in [3.8, 4) is 23.7 Å². The molecule has 3 rings (SSSR count). The minimum Gasteiger partial charge on any atom is -0.772 e. The lowest BCUT2D eigenvalue weighted by atomic mass is 9.87. The second-order valence-electron chi connectivity index (χ2n) is 8.29. The van der Waals surface area contributed by atoms with Crippen LogP contribution < -0.4 is 5.48 Å². The topological polar surface area (TPSA) is 126 Å². The number of hydroxylamine groups is 1. The third-order valence-corrected chi connectivity index (χ3v) is 7.50. The van der Waals surface area contributed by atoms with E-state index in [0.29, 0.717) is 12.3 Å². The number of rotatable bonds is 9. The number of nitrogens with zero attached hydrogens (tertiary/aromatic N) is 2. The van der Waals surface area contributed by atoms with Crippen LogP contribution in [0.3, 0.4) is 0 Å². The molecule has 0 spiro atoms. The minimum absolute atomic E-state index is 0.216. The van der Waals surface area contributed by atoms with Crippen molar-refractivity contribution in [3.05, 3.63) is 28.8 Å². The summed E-state index contributed by atoms with van der Waals surface area (Å²) in [5, 5.41) is 18.6. The van der Waals surface area contributed by atoms with Gasteiger partial charge in [0.05, 0.1) is 20.6 Å². The number of thiazole rings is 1. The Morgan fingerprint density at radius 3 is 2.91 bits per heavy atom. The van der Waals surface area contributed by atoms with Crippen LogP contribution in [0.4, 0.5) is 0 Å². The van der Waals surface area contributed by atoms with Crippen molar-refractivity contribution in [3.63, 3.8) is 0 Å². The predicted octanol–water partition coefficient (Wildman–Crippen LogP) is 1.29. The van der Waals surface area contributed by atoms with Crippen molar-refractivity contribution < 1.29 is 23.9 Å². The summed E-state index contributed by atoms with van der Waals surface area (Å²) in [6.07, 6.45) is 1.43. The van der Waals surface area contributed by atoms with Crippen molar-refractivity contribution in [2.45, 2.75) is 26.2 Å². The summed E-state index contributed by atoms with van der Waals surface area (Å²) in [7, 11) is 0. The maximum atomic E-state index is 12.0. The Labute approximate surface area is 199 Å². The Balaban J connectivity index is 1.60. The van der Waals surface area contributed by atoms with Crippen LogP contribution in [-0.4, -0.2) is 66.9 Å². The van der Waals surface area contributed by atoms with E-state index in [-0.39, 0.29) is 18.8 Å². The Hall–Kier alpha value is -2.31. The molecule has 1 aromatic heterocycles. The highest BCUT2D eigenvalue weighted by atomic mass is 32.2. The molecule has 2 heterocycles. The first-order valence-corrected chi connectivity index (χ1v) is 12.6. The lowest BCUT2D eigenvalue weighted by molar-refractivity contribution is -0.138. The number of aliphatic hydroxyl groups excluding tert-OH is 1. The fourth-order valence-corrected chi connectivity index (χ4v) is 5.37. The van der Waals surface area contributed by atoms with Crippen LogP contribution in [0.25, 0.3) is 10.2 Å². The number of nitrogens with one attached hydrogen (secondary N) is 1. The van der Waals surface area contributed by atoms with E-state index >= 15 is 0 Å². The van der Waals surface area contributed by atoms with Crippen molar-refractivity contribution in [1.29, 1.82) is 0 Å². The molecule has 0 aliphatic carbocycles. The second-order valence-corrected chi connectivity index (χ2v) is 10.3. The standard InChI is InChI=1S/C23H27N3O5S2/c1-23(16-33(30)31,22(28)25-29)10-9-21-24-19-8-7-17(13-20(19)32-21)5-2-3-6-18-14-26(15-18)11-4-12-27/h7-8,13,18,27,29H,4,9-12,14-16H2,1H3,(H,25,28)(H,30,31)/p-1/t23-/m0/s1. The number of aliphatic hydroxyl groups is 1. The highest BCUT2D eigenvalue weighted by molar-refractivity contribution is 7.79. The average molecular weight is 489 g/mol. The van der Waals surface area contributed by atoms with Gasteiger partial charge in [-0.2, -0.15) is 0 Å². The summed E-state index contributed by atoms with van der Waals surface area (Å²) in [6, 6.07) is 5.70. The van der Waals surface area contributed by atoms with Gasteiger partial charge in [-0.1, -0.05) is 22.9 Å². The molecule has 0 radical (unpaired) electrons. The first-order chi connectivity index (χ1) is 15.8. The number of aryl methyl sites for hydroxylation is 1. The largest absolute Gasteiger partial charge is 0.772 e. The zero-order valence-corrected chi connectivity index (χ0v) is 19.9. The fourth-order valence-electron chi connectivity index (χ4n) is 3.57. The number of carbonyl (C=O) groups excluding carboxylic acids is 1. The van der Waals surface area contributed by atoms with E-state index in [1.54, 1.807) is 5.48 Å². The summed E-state index contributed by atoms with van der Waals surface area (Å²) in [6.45, 7) is 4.48. The van der Waals surface area contributed by atoms with Gasteiger partial charge < -0.3 is 14.6 Å². The van der Waals surface area contributed by atoms with Gasteiger partial charge in [-0.3, -0.25) is 14.2 Å². The zero-order valence-electron chi connectivity index (χ0n) is 18.3. The smallest absolute Gasteiger partial charge is 0.250 e. The van der Waals surface area contributed by atoms with E-state index in [2.05, 4.69) is 33.6 Å². The summed E-state index contributed by atoms with van der Waals surface area (Å²) in [4.78, 5) is 18.8. The van der Waals surface area contributed by atoms with Crippen molar-refractivity contribution >= 4 is 38.5 Å². The minimum atomic E-state index is -2.42. The molecule has 1 aliphatic rings. The molecule has 2 aromatic rings.